The van der Waals surface area contributed by atoms with Gasteiger partial charge in [0.05, 0.1) is 11.6 Å². The van der Waals surface area contributed by atoms with Gasteiger partial charge in [-0.15, -0.1) is 0 Å². The van der Waals surface area contributed by atoms with E-state index in [2.05, 4.69) is 47.3 Å². The molecule has 1 saturated heterocycles. The minimum Gasteiger partial charge on any atom is -0.364 e. The molecule has 32 heavy (non-hydrogen) atoms. The number of aliphatic imine (C=N–C) groups is 1. The van der Waals surface area contributed by atoms with E-state index in [1.807, 2.05) is 19.2 Å². The third-order valence-corrected chi connectivity index (χ3v) is 6.09. The zero-order valence-electron chi connectivity index (χ0n) is 19.6. The molecule has 1 aromatic carbocycles. The van der Waals surface area contributed by atoms with Gasteiger partial charge >= 0.3 is 0 Å². The van der Waals surface area contributed by atoms with Gasteiger partial charge in [-0.1, -0.05) is 12.1 Å². The molecule has 0 unspecified atom stereocenters. The Hall–Kier alpha value is -3.22. The van der Waals surface area contributed by atoms with Crippen LogP contribution < -0.4 is 5.32 Å². The number of nitrogens with one attached hydrogen (secondary N) is 1. The number of benzene rings is 1. The van der Waals surface area contributed by atoms with Crippen LogP contribution in [-0.4, -0.2) is 65.5 Å². The molecule has 1 aromatic heterocycles. The maximum atomic E-state index is 12.8. The summed E-state index contributed by atoms with van der Waals surface area (Å²) in [4.78, 5) is 36.8. The number of carbonyl (C=O) groups is 2. The van der Waals surface area contributed by atoms with Gasteiger partial charge in [-0.3, -0.25) is 14.6 Å². The third kappa shape index (κ3) is 5.52. The van der Waals surface area contributed by atoms with Crippen molar-refractivity contribution >= 4 is 23.8 Å². The summed E-state index contributed by atoms with van der Waals surface area (Å²) in [6, 6.07) is 10.1. The van der Waals surface area contributed by atoms with Gasteiger partial charge in [0.1, 0.15) is 5.82 Å². The Labute approximate surface area is 190 Å². The SMILES string of the molecule is CCN=Cc1cc([C@@H](C)Nc2ccc(C(=O)N3CC[C@H](N(C)C(C)=O)C3)cn2)ccc1C. The molecule has 0 spiro atoms. The molecule has 7 heteroatoms. The van der Waals surface area contributed by atoms with Gasteiger partial charge < -0.3 is 15.1 Å². The predicted molar refractivity (Wildman–Crippen MR) is 128 cm³/mol. The lowest BCUT2D eigenvalue weighted by Crippen LogP contribution is -2.38. The summed E-state index contributed by atoms with van der Waals surface area (Å²) < 4.78 is 0. The lowest BCUT2D eigenvalue weighted by atomic mass is 10.0. The van der Waals surface area contributed by atoms with Crippen LogP contribution in [0.4, 0.5) is 5.82 Å². The number of hydrogen-bond acceptors (Lipinski definition) is 5. The zero-order valence-corrected chi connectivity index (χ0v) is 19.6. The summed E-state index contributed by atoms with van der Waals surface area (Å²) in [6.45, 7) is 9.71. The van der Waals surface area contributed by atoms with E-state index >= 15 is 0 Å². The number of likely N-dealkylation sites (tertiary alicyclic amines) is 1. The van der Waals surface area contributed by atoms with Gasteiger partial charge in [0.2, 0.25) is 5.91 Å². The maximum Gasteiger partial charge on any atom is 0.255 e. The fourth-order valence-electron chi connectivity index (χ4n) is 3.85. The molecule has 2 aromatic rings. The van der Waals surface area contributed by atoms with Gasteiger partial charge in [-0.25, -0.2) is 4.98 Å². The van der Waals surface area contributed by atoms with Crippen molar-refractivity contribution in [2.45, 2.75) is 46.2 Å². The molecule has 0 bridgehead atoms. The fraction of sp³-hybridized carbons (Fsp3) is 0.440. The molecule has 2 amide bonds. The average Bonchev–Trinajstić information content (AvgIpc) is 3.28. The van der Waals surface area contributed by atoms with E-state index in [0.29, 0.717) is 24.5 Å². The molecule has 0 saturated carbocycles. The summed E-state index contributed by atoms with van der Waals surface area (Å²) in [5, 5.41) is 3.41. The monoisotopic (exact) mass is 435 g/mol. The van der Waals surface area contributed by atoms with Crippen molar-refractivity contribution in [2.75, 3.05) is 32.0 Å². The van der Waals surface area contributed by atoms with Crippen LogP contribution >= 0.6 is 0 Å². The number of aryl methyl sites for hydroxylation is 1. The van der Waals surface area contributed by atoms with E-state index in [9.17, 15) is 9.59 Å². The first-order valence-corrected chi connectivity index (χ1v) is 11.2. The van der Waals surface area contributed by atoms with E-state index in [4.69, 9.17) is 0 Å². The molecule has 3 rings (SSSR count). The van der Waals surface area contributed by atoms with E-state index in [0.717, 1.165) is 24.1 Å². The first-order chi connectivity index (χ1) is 15.3. The smallest absolute Gasteiger partial charge is 0.255 e. The standard InChI is InChI=1S/C25H33N5O2/c1-6-26-14-22-13-20(8-7-17(22)2)18(3)28-24-10-9-21(15-27-24)25(32)30-12-11-23(16-30)29(5)19(4)31/h7-10,13-15,18,23H,6,11-12,16H2,1-5H3,(H,27,28)/t18-,23+/m1/s1. The Bertz CT molecular complexity index is 986. The average molecular weight is 436 g/mol. The Morgan fingerprint density at radius 2 is 2.12 bits per heavy atom. The maximum absolute atomic E-state index is 12.8. The number of hydrogen-bond donors (Lipinski definition) is 1. The minimum absolute atomic E-state index is 0.0221. The minimum atomic E-state index is -0.0464. The predicted octanol–water partition coefficient (Wildman–Crippen LogP) is 3.69. The molecule has 1 fully saturated rings. The number of pyridine rings is 1. The quantitative estimate of drug-likeness (QED) is 0.673. The fourth-order valence-corrected chi connectivity index (χ4v) is 3.85. The first kappa shape index (κ1) is 23.4. The van der Waals surface area contributed by atoms with Crippen LogP contribution in [0.25, 0.3) is 0 Å². The Kier molecular flexibility index (Phi) is 7.62. The second-order valence-electron chi connectivity index (χ2n) is 8.37. The highest BCUT2D eigenvalue weighted by Gasteiger charge is 2.30. The molecule has 0 aliphatic carbocycles. The van der Waals surface area contributed by atoms with Gasteiger partial charge in [-0.2, -0.15) is 0 Å². The number of likely N-dealkylation sites (N-methyl/N-ethyl adjacent to an activating group) is 1. The van der Waals surface area contributed by atoms with Crippen LogP contribution in [0.2, 0.25) is 0 Å². The topological polar surface area (TPSA) is 77.9 Å². The van der Waals surface area contributed by atoms with Crippen molar-refractivity contribution in [3.05, 3.63) is 58.8 Å². The molecular formula is C25H33N5O2. The number of nitrogens with zero attached hydrogens (tertiary/aromatic N) is 4. The lowest BCUT2D eigenvalue weighted by molar-refractivity contribution is -0.129. The van der Waals surface area contributed by atoms with Crippen molar-refractivity contribution in [1.82, 2.24) is 14.8 Å². The summed E-state index contributed by atoms with van der Waals surface area (Å²) in [7, 11) is 1.79. The Morgan fingerprint density at radius 3 is 2.78 bits per heavy atom. The second kappa shape index (κ2) is 10.4. The molecule has 1 N–H and O–H groups in total. The van der Waals surface area contributed by atoms with Crippen LogP contribution in [0.15, 0.2) is 41.5 Å². The molecule has 0 radical (unpaired) electrons. The lowest BCUT2D eigenvalue weighted by Gasteiger charge is -2.23. The third-order valence-electron chi connectivity index (χ3n) is 6.09. The van der Waals surface area contributed by atoms with Gasteiger partial charge in [-0.05, 0) is 62.1 Å². The zero-order chi connectivity index (χ0) is 23.3. The molecular weight excluding hydrogens is 402 g/mol. The summed E-state index contributed by atoms with van der Waals surface area (Å²) in [5.74, 6) is 0.692. The summed E-state index contributed by atoms with van der Waals surface area (Å²) in [5.41, 5.74) is 4.01. The highest BCUT2D eigenvalue weighted by atomic mass is 16.2. The number of rotatable bonds is 7. The van der Waals surface area contributed by atoms with Crippen LogP contribution in [0.5, 0.6) is 0 Å². The number of carbonyl (C=O) groups excluding carboxylic acids is 2. The van der Waals surface area contributed by atoms with E-state index in [1.165, 1.54) is 5.56 Å². The van der Waals surface area contributed by atoms with Crippen LogP contribution in [-0.2, 0) is 4.79 Å². The van der Waals surface area contributed by atoms with E-state index in [1.54, 1.807) is 36.0 Å². The van der Waals surface area contributed by atoms with Gasteiger partial charge in [0.15, 0.2) is 0 Å². The summed E-state index contributed by atoms with van der Waals surface area (Å²) in [6.07, 6.45) is 4.34. The molecule has 2 atom stereocenters. The Balaban J connectivity index is 1.63. The van der Waals surface area contributed by atoms with Crippen molar-refractivity contribution in [3.8, 4) is 0 Å². The van der Waals surface area contributed by atoms with Crippen molar-refractivity contribution in [1.29, 1.82) is 0 Å². The van der Waals surface area contributed by atoms with Gasteiger partial charge in [0.25, 0.3) is 5.91 Å². The van der Waals surface area contributed by atoms with Gasteiger partial charge in [0, 0.05) is 52.1 Å². The number of anilines is 1. The van der Waals surface area contributed by atoms with Crippen LogP contribution in [0.3, 0.4) is 0 Å². The molecule has 170 valence electrons. The Morgan fingerprint density at radius 1 is 1.34 bits per heavy atom. The molecule has 7 nitrogen and oxygen atoms in total. The molecule has 1 aliphatic heterocycles. The van der Waals surface area contributed by atoms with Crippen molar-refractivity contribution < 1.29 is 9.59 Å². The summed E-state index contributed by atoms with van der Waals surface area (Å²) >= 11 is 0. The molecule has 2 heterocycles. The van der Waals surface area contributed by atoms with E-state index < -0.39 is 0 Å². The second-order valence-corrected chi connectivity index (χ2v) is 8.37. The van der Waals surface area contributed by atoms with Crippen molar-refractivity contribution in [3.63, 3.8) is 0 Å². The van der Waals surface area contributed by atoms with Crippen molar-refractivity contribution in [2.24, 2.45) is 4.99 Å². The molecule has 1 aliphatic rings. The first-order valence-electron chi connectivity index (χ1n) is 11.2. The highest BCUT2D eigenvalue weighted by molar-refractivity contribution is 5.94. The van der Waals surface area contributed by atoms with Crippen LogP contribution in [0.1, 0.15) is 60.3 Å². The number of aromatic nitrogens is 1. The highest BCUT2D eigenvalue weighted by Crippen LogP contribution is 2.22. The van der Waals surface area contributed by atoms with E-state index in [-0.39, 0.29) is 23.9 Å². The largest absolute Gasteiger partial charge is 0.364 e. The normalized spacial score (nSPS) is 16.9. The number of amides is 2. The van der Waals surface area contributed by atoms with Crippen LogP contribution in [0, 0.1) is 6.92 Å².